The third-order valence-electron chi connectivity index (χ3n) is 5.95. The highest BCUT2D eigenvalue weighted by Gasteiger charge is 2.25. The van der Waals surface area contributed by atoms with Gasteiger partial charge in [0.05, 0.1) is 5.39 Å². The number of carbonyl (C=O) groups excluding carboxylic acids is 1. The van der Waals surface area contributed by atoms with E-state index in [1.165, 1.54) is 10.2 Å². The van der Waals surface area contributed by atoms with Crippen LogP contribution in [-0.4, -0.2) is 51.7 Å². The lowest BCUT2D eigenvalue weighted by Gasteiger charge is -2.34. The Morgan fingerprint density at radius 2 is 1.58 bits per heavy atom. The summed E-state index contributed by atoms with van der Waals surface area (Å²) in [6.45, 7) is 6.55. The standard InChI is InChI=1S/C25H30N4O2/c1-2-3-9-14-29-24(30)22-13-8-7-12-21(22)23(26-29)25(31)28-17-15-27(16-18-28)19-20-10-5-4-6-11-20/h4-8,10-13H,2-3,9,14-19H2,1H3. The molecule has 1 aromatic heterocycles. The number of benzene rings is 2. The van der Waals surface area contributed by atoms with Crippen LogP contribution in [0.4, 0.5) is 0 Å². The van der Waals surface area contributed by atoms with E-state index in [9.17, 15) is 9.59 Å². The highest BCUT2D eigenvalue weighted by atomic mass is 16.2. The van der Waals surface area contributed by atoms with Crippen molar-refractivity contribution >= 4 is 16.7 Å². The van der Waals surface area contributed by atoms with Gasteiger partial charge in [-0.25, -0.2) is 4.68 Å². The summed E-state index contributed by atoms with van der Waals surface area (Å²) in [7, 11) is 0. The molecule has 162 valence electrons. The van der Waals surface area contributed by atoms with Gasteiger partial charge in [0.2, 0.25) is 0 Å². The van der Waals surface area contributed by atoms with Crippen molar-refractivity contribution < 1.29 is 4.79 Å². The molecule has 0 bridgehead atoms. The first-order valence-electron chi connectivity index (χ1n) is 11.2. The zero-order chi connectivity index (χ0) is 21.6. The smallest absolute Gasteiger partial charge is 0.275 e. The zero-order valence-corrected chi connectivity index (χ0v) is 18.2. The molecule has 0 radical (unpaired) electrons. The van der Waals surface area contributed by atoms with Gasteiger partial charge in [0.15, 0.2) is 5.69 Å². The number of rotatable bonds is 7. The molecule has 31 heavy (non-hydrogen) atoms. The first-order chi connectivity index (χ1) is 15.2. The molecule has 6 nitrogen and oxygen atoms in total. The molecule has 0 unspecified atom stereocenters. The lowest BCUT2D eigenvalue weighted by atomic mass is 10.1. The molecule has 0 spiro atoms. The fourth-order valence-corrected chi connectivity index (χ4v) is 4.16. The van der Waals surface area contributed by atoms with Crippen LogP contribution in [0.5, 0.6) is 0 Å². The van der Waals surface area contributed by atoms with E-state index in [1.807, 2.05) is 29.2 Å². The molecule has 6 heteroatoms. The molecule has 1 saturated heterocycles. The average molecular weight is 419 g/mol. The molecule has 0 atom stereocenters. The van der Waals surface area contributed by atoms with Crippen LogP contribution in [0.25, 0.3) is 10.8 Å². The van der Waals surface area contributed by atoms with Crippen LogP contribution in [0.15, 0.2) is 59.4 Å². The predicted molar refractivity (Wildman–Crippen MR) is 123 cm³/mol. The molecular weight excluding hydrogens is 388 g/mol. The number of aryl methyl sites for hydroxylation is 1. The van der Waals surface area contributed by atoms with E-state index < -0.39 is 0 Å². The number of nitrogens with zero attached hydrogens (tertiary/aromatic N) is 4. The summed E-state index contributed by atoms with van der Waals surface area (Å²) < 4.78 is 1.48. The number of amides is 1. The van der Waals surface area contributed by atoms with Crippen LogP contribution < -0.4 is 5.56 Å². The second kappa shape index (κ2) is 9.88. The van der Waals surface area contributed by atoms with E-state index in [-0.39, 0.29) is 11.5 Å². The number of aromatic nitrogens is 2. The van der Waals surface area contributed by atoms with Gasteiger partial charge in [-0.1, -0.05) is 68.3 Å². The maximum Gasteiger partial charge on any atom is 0.275 e. The Labute approximate surface area is 183 Å². The highest BCUT2D eigenvalue weighted by Crippen LogP contribution is 2.17. The first kappa shape index (κ1) is 21.2. The van der Waals surface area contributed by atoms with Crippen molar-refractivity contribution in [3.63, 3.8) is 0 Å². The third kappa shape index (κ3) is 4.85. The van der Waals surface area contributed by atoms with Crippen LogP contribution >= 0.6 is 0 Å². The zero-order valence-electron chi connectivity index (χ0n) is 18.2. The fraction of sp³-hybridized carbons (Fsp3) is 0.400. The summed E-state index contributed by atoms with van der Waals surface area (Å²) in [5.41, 5.74) is 1.56. The summed E-state index contributed by atoms with van der Waals surface area (Å²) in [5, 5.41) is 5.75. The minimum absolute atomic E-state index is 0.0835. The molecular formula is C25H30N4O2. The summed E-state index contributed by atoms with van der Waals surface area (Å²) in [6, 6.07) is 17.7. The van der Waals surface area contributed by atoms with Crippen molar-refractivity contribution in [1.82, 2.24) is 19.6 Å². The molecule has 0 aliphatic carbocycles. The molecule has 2 heterocycles. The summed E-state index contributed by atoms with van der Waals surface area (Å²) in [5.74, 6) is -0.0835. The summed E-state index contributed by atoms with van der Waals surface area (Å²) in [6.07, 6.45) is 2.99. The monoisotopic (exact) mass is 418 g/mol. The summed E-state index contributed by atoms with van der Waals surface area (Å²) in [4.78, 5) is 30.5. The van der Waals surface area contributed by atoms with Gasteiger partial charge in [0.1, 0.15) is 0 Å². The van der Waals surface area contributed by atoms with E-state index in [1.54, 1.807) is 6.07 Å². The maximum absolute atomic E-state index is 13.4. The average Bonchev–Trinajstić information content (AvgIpc) is 2.81. The van der Waals surface area contributed by atoms with Crippen LogP contribution in [0.1, 0.15) is 42.2 Å². The van der Waals surface area contributed by atoms with Crippen molar-refractivity contribution in [2.75, 3.05) is 26.2 Å². The molecule has 0 saturated carbocycles. The predicted octanol–water partition coefficient (Wildman–Crippen LogP) is 3.54. The number of hydrogen-bond acceptors (Lipinski definition) is 4. The van der Waals surface area contributed by atoms with Gasteiger partial charge in [-0.15, -0.1) is 0 Å². The Morgan fingerprint density at radius 3 is 2.29 bits per heavy atom. The SMILES string of the molecule is CCCCCn1nc(C(=O)N2CCN(Cc3ccccc3)CC2)c2ccccc2c1=O. The maximum atomic E-state index is 13.4. The van der Waals surface area contributed by atoms with E-state index in [0.29, 0.717) is 36.1 Å². The summed E-state index contributed by atoms with van der Waals surface area (Å²) >= 11 is 0. The number of unbranched alkanes of at least 4 members (excludes halogenated alkanes) is 2. The fourth-order valence-electron chi connectivity index (χ4n) is 4.16. The van der Waals surface area contributed by atoms with Gasteiger partial charge >= 0.3 is 0 Å². The van der Waals surface area contributed by atoms with Gasteiger partial charge in [0.25, 0.3) is 11.5 Å². The number of carbonyl (C=O) groups is 1. The van der Waals surface area contributed by atoms with Crippen molar-refractivity contribution in [3.8, 4) is 0 Å². The Morgan fingerprint density at radius 1 is 0.903 bits per heavy atom. The van der Waals surface area contributed by atoms with Crippen molar-refractivity contribution in [2.24, 2.45) is 0 Å². The van der Waals surface area contributed by atoms with Gasteiger partial charge in [-0.2, -0.15) is 5.10 Å². The van der Waals surface area contributed by atoms with E-state index in [2.05, 4.69) is 41.2 Å². The molecule has 3 aromatic rings. The normalized spacial score (nSPS) is 14.8. The second-order valence-electron chi connectivity index (χ2n) is 8.18. The minimum atomic E-state index is -0.115. The topological polar surface area (TPSA) is 58.4 Å². The number of piperazine rings is 1. The van der Waals surface area contributed by atoms with Gasteiger partial charge in [-0.05, 0) is 18.1 Å². The Kier molecular flexibility index (Phi) is 6.77. The van der Waals surface area contributed by atoms with Gasteiger partial charge in [0, 0.05) is 44.7 Å². The molecule has 0 N–H and O–H groups in total. The van der Waals surface area contributed by atoms with Crippen LogP contribution in [0.3, 0.4) is 0 Å². The van der Waals surface area contributed by atoms with E-state index in [0.717, 1.165) is 38.9 Å². The van der Waals surface area contributed by atoms with E-state index in [4.69, 9.17) is 0 Å². The Bertz CT molecular complexity index is 1090. The molecule has 2 aromatic carbocycles. The van der Waals surface area contributed by atoms with Crippen molar-refractivity contribution in [3.05, 3.63) is 76.2 Å². The Hall–Kier alpha value is -2.99. The number of fused-ring (bicyclic) bond motifs is 1. The molecule has 1 aliphatic rings. The number of hydrogen-bond donors (Lipinski definition) is 0. The lowest BCUT2D eigenvalue weighted by molar-refractivity contribution is 0.0622. The molecule has 1 fully saturated rings. The van der Waals surface area contributed by atoms with Crippen molar-refractivity contribution in [1.29, 1.82) is 0 Å². The second-order valence-corrected chi connectivity index (χ2v) is 8.18. The quantitative estimate of drug-likeness (QED) is 0.551. The molecule has 1 aliphatic heterocycles. The minimum Gasteiger partial charge on any atom is -0.335 e. The van der Waals surface area contributed by atoms with E-state index >= 15 is 0 Å². The van der Waals surface area contributed by atoms with Crippen LogP contribution in [0, 0.1) is 0 Å². The highest BCUT2D eigenvalue weighted by molar-refractivity contribution is 6.04. The van der Waals surface area contributed by atoms with Crippen molar-refractivity contribution in [2.45, 2.75) is 39.3 Å². The first-order valence-corrected chi connectivity index (χ1v) is 11.2. The van der Waals surface area contributed by atoms with Crippen LogP contribution in [-0.2, 0) is 13.1 Å². The van der Waals surface area contributed by atoms with Gasteiger partial charge < -0.3 is 4.90 Å². The third-order valence-corrected chi connectivity index (χ3v) is 5.95. The molecule has 4 rings (SSSR count). The van der Waals surface area contributed by atoms with Gasteiger partial charge in [-0.3, -0.25) is 14.5 Å². The lowest BCUT2D eigenvalue weighted by Crippen LogP contribution is -2.48. The van der Waals surface area contributed by atoms with Crippen LogP contribution in [0.2, 0.25) is 0 Å². The molecule has 1 amide bonds. The largest absolute Gasteiger partial charge is 0.335 e. The Balaban J connectivity index is 1.52.